The van der Waals surface area contributed by atoms with Crippen molar-refractivity contribution in [3.63, 3.8) is 0 Å². The van der Waals surface area contributed by atoms with E-state index in [-0.39, 0.29) is 4.90 Å². The minimum Gasteiger partial charge on any atom is -0.279 e. The molecule has 0 spiro atoms. The molecule has 0 amide bonds. The van der Waals surface area contributed by atoms with Gasteiger partial charge in [-0.25, -0.2) is 12.8 Å². The zero-order valence-electron chi connectivity index (χ0n) is 11.4. The van der Waals surface area contributed by atoms with Crippen molar-refractivity contribution in [2.75, 3.05) is 4.72 Å². The summed E-state index contributed by atoms with van der Waals surface area (Å²) in [7, 11) is -3.70. The highest BCUT2D eigenvalue weighted by atomic mass is 32.2. The van der Waals surface area contributed by atoms with Gasteiger partial charge in [-0.15, -0.1) is 0 Å². The Morgan fingerprint density at radius 1 is 1.10 bits per heavy atom. The molecule has 3 nitrogen and oxygen atoms in total. The normalized spacial score (nSPS) is 11.3. The predicted octanol–water partition coefficient (Wildman–Crippen LogP) is 3.50. The summed E-state index contributed by atoms with van der Waals surface area (Å²) in [5.41, 5.74) is 2.38. The quantitative estimate of drug-likeness (QED) is 0.938. The van der Waals surface area contributed by atoms with Gasteiger partial charge in [0.25, 0.3) is 10.0 Å². The highest BCUT2D eigenvalue weighted by Gasteiger charge is 2.16. The van der Waals surface area contributed by atoms with E-state index in [4.69, 9.17) is 0 Å². The average Bonchev–Trinajstić information content (AvgIpc) is 2.41. The number of halogens is 1. The molecule has 0 atom stereocenters. The Balaban J connectivity index is 2.41. The third kappa shape index (κ3) is 2.99. The van der Waals surface area contributed by atoms with Crippen LogP contribution in [0.2, 0.25) is 0 Å². The summed E-state index contributed by atoms with van der Waals surface area (Å²) >= 11 is 0. The maximum absolute atomic E-state index is 12.9. The van der Waals surface area contributed by atoms with Gasteiger partial charge in [0, 0.05) is 0 Å². The number of sulfonamides is 1. The van der Waals surface area contributed by atoms with Crippen LogP contribution in [0.3, 0.4) is 0 Å². The van der Waals surface area contributed by atoms with E-state index in [0.717, 1.165) is 29.7 Å². The highest BCUT2D eigenvalue weighted by Crippen LogP contribution is 2.24. The molecule has 5 heteroatoms. The lowest BCUT2D eigenvalue weighted by Gasteiger charge is -2.14. The SMILES string of the molecule is CCc1cccc(C)c1NS(=O)(=O)c1ccc(F)cc1. The van der Waals surface area contributed by atoms with Gasteiger partial charge in [-0.1, -0.05) is 25.1 Å². The van der Waals surface area contributed by atoms with E-state index in [2.05, 4.69) is 4.72 Å². The average molecular weight is 293 g/mol. The van der Waals surface area contributed by atoms with Gasteiger partial charge in [0.15, 0.2) is 0 Å². The summed E-state index contributed by atoms with van der Waals surface area (Å²) in [6.07, 6.45) is 0.725. The Kier molecular flexibility index (Phi) is 4.09. The van der Waals surface area contributed by atoms with E-state index in [0.29, 0.717) is 5.69 Å². The number of hydrogen-bond donors (Lipinski definition) is 1. The molecule has 2 aromatic carbocycles. The van der Waals surface area contributed by atoms with Crippen LogP contribution in [0, 0.1) is 12.7 Å². The van der Waals surface area contributed by atoms with Gasteiger partial charge in [0.05, 0.1) is 10.6 Å². The second kappa shape index (κ2) is 5.63. The molecule has 0 saturated heterocycles. The molecule has 0 fully saturated rings. The van der Waals surface area contributed by atoms with Crippen LogP contribution < -0.4 is 4.72 Å². The molecule has 20 heavy (non-hydrogen) atoms. The summed E-state index contributed by atoms with van der Waals surface area (Å²) in [6, 6.07) is 10.4. The van der Waals surface area contributed by atoms with Crippen molar-refractivity contribution in [1.82, 2.24) is 0 Å². The molecule has 0 saturated carbocycles. The van der Waals surface area contributed by atoms with Crippen molar-refractivity contribution in [1.29, 1.82) is 0 Å². The van der Waals surface area contributed by atoms with Crippen LogP contribution in [0.25, 0.3) is 0 Å². The number of rotatable bonds is 4. The maximum atomic E-state index is 12.9. The first kappa shape index (κ1) is 14.5. The summed E-state index contributed by atoms with van der Waals surface area (Å²) < 4.78 is 40.1. The number of para-hydroxylation sites is 1. The van der Waals surface area contributed by atoms with Gasteiger partial charge in [-0.3, -0.25) is 4.72 Å². The van der Waals surface area contributed by atoms with Crippen molar-refractivity contribution in [3.05, 3.63) is 59.4 Å². The third-order valence-corrected chi connectivity index (χ3v) is 4.47. The standard InChI is InChI=1S/C15H16FNO2S/c1-3-12-6-4-5-11(2)15(12)17-20(18,19)14-9-7-13(16)8-10-14/h4-10,17H,3H2,1-2H3. The van der Waals surface area contributed by atoms with Gasteiger partial charge in [0.1, 0.15) is 5.82 Å². The molecule has 0 unspecified atom stereocenters. The monoisotopic (exact) mass is 293 g/mol. The summed E-state index contributed by atoms with van der Waals surface area (Å²) in [6.45, 7) is 3.81. The van der Waals surface area contributed by atoms with Gasteiger partial charge < -0.3 is 0 Å². The molecule has 106 valence electrons. The molecule has 0 aliphatic carbocycles. The molecule has 0 heterocycles. The van der Waals surface area contributed by atoms with E-state index in [1.54, 1.807) is 0 Å². The Labute approximate surface area is 118 Å². The number of hydrogen-bond acceptors (Lipinski definition) is 2. The lowest BCUT2D eigenvalue weighted by atomic mass is 10.1. The lowest BCUT2D eigenvalue weighted by Crippen LogP contribution is -2.15. The van der Waals surface area contributed by atoms with Gasteiger partial charge in [0.2, 0.25) is 0 Å². The van der Waals surface area contributed by atoms with Crippen molar-refractivity contribution < 1.29 is 12.8 Å². The van der Waals surface area contributed by atoms with Crippen LogP contribution in [0.4, 0.5) is 10.1 Å². The maximum Gasteiger partial charge on any atom is 0.261 e. The van der Waals surface area contributed by atoms with Crippen molar-refractivity contribution in [3.8, 4) is 0 Å². The van der Waals surface area contributed by atoms with Crippen molar-refractivity contribution in [2.45, 2.75) is 25.2 Å². The van der Waals surface area contributed by atoms with E-state index in [1.165, 1.54) is 12.1 Å². The van der Waals surface area contributed by atoms with Gasteiger partial charge in [-0.05, 0) is 48.7 Å². The van der Waals surface area contributed by atoms with E-state index in [9.17, 15) is 12.8 Å². The molecule has 2 aromatic rings. The minimum atomic E-state index is -3.70. The Hall–Kier alpha value is -1.88. The number of aryl methyl sites for hydroxylation is 2. The summed E-state index contributed by atoms with van der Waals surface area (Å²) in [5, 5.41) is 0. The molecule has 0 aromatic heterocycles. The number of benzene rings is 2. The lowest BCUT2D eigenvalue weighted by molar-refractivity contribution is 0.599. The Morgan fingerprint density at radius 2 is 1.75 bits per heavy atom. The second-order valence-corrected chi connectivity index (χ2v) is 6.20. The second-order valence-electron chi connectivity index (χ2n) is 4.52. The third-order valence-electron chi connectivity index (χ3n) is 3.10. The smallest absolute Gasteiger partial charge is 0.261 e. The number of nitrogens with one attached hydrogen (secondary N) is 1. The first-order chi connectivity index (χ1) is 9.44. The van der Waals surface area contributed by atoms with Crippen LogP contribution in [-0.2, 0) is 16.4 Å². The summed E-state index contributed by atoms with van der Waals surface area (Å²) in [5.74, 6) is -0.464. The highest BCUT2D eigenvalue weighted by molar-refractivity contribution is 7.92. The fourth-order valence-corrected chi connectivity index (χ4v) is 3.15. The van der Waals surface area contributed by atoms with Crippen LogP contribution in [0.1, 0.15) is 18.1 Å². The minimum absolute atomic E-state index is 0.0456. The van der Waals surface area contributed by atoms with Gasteiger partial charge >= 0.3 is 0 Å². The molecule has 0 aliphatic heterocycles. The molecule has 2 rings (SSSR count). The topological polar surface area (TPSA) is 46.2 Å². The molecule has 0 radical (unpaired) electrons. The number of anilines is 1. The fourth-order valence-electron chi connectivity index (χ4n) is 1.98. The zero-order valence-corrected chi connectivity index (χ0v) is 12.2. The van der Waals surface area contributed by atoms with E-state index in [1.807, 2.05) is 32.0 Å². The first-order valence-electron chi connectivity index (χ1n) is 6.31. The van der Waals surface area contributed by atoms with Crippen LogP contribution in [0.5, 0.6) is 0 Å². The van der Waals surface area contributed by atoms with Crippen LogP contribution in [-0.4, -0.2) is 8.42 Å². The predicted molar refractivity (Wildman–Crippen MR) is 77.8 cm³/mol. The molecule has 0 aliphatic rings. The molecule has 0 bridgehead atoms. The molecule has 1 N–H and O–H groups in total. The molecular weight excluding hydrogens is 277 g/mol. The van der Waals surface area contributed by atoms with Crippen LogP contribution in [0.15, 0.2) is 47.4 Å². The fraction of sp³-hybridized carbons (Fsp3) is 0.200. The largest absolute Gasteiger partial charge is 0.279 e. The van der Waals surface area contributed by atoms with Crippen LogP contribution >= 0.6 is 0 Å². The summed E-state index contributed by atoms with van der Waals surface area (Å²) in [4.78, 5) is 0.0456. The zero-order chi connectivity index (χ0) is 14.8. The van der Waals surface area contributed by atoms with E-state index < -0.39 is 15.8 Å². The van der Waals surface area contributed by atoms with Crippen molar-refractivity contribution in [2.24, 2.45) is 0 Å². The van der Waals surface area contributed by atoms with E-state index >= 15 is 0 Å². The Morgan fingerprint density at radius 3 is 2.35 bits per heavy atom. The van der Waals surface area contributed by atoms with Crippen molar-refractivity contribution >= 4 is 15.7 Å². The first-order valence-corrected chi connectivity index (χ1v) is 7.79. The molecular formula is C15H16FNO2S. The Bertz CT molecular complexity index is 709. The van der Waals surface area contributed by atoms with Gasteiger partial charge in [-0.2, -0.15) is 0 Å².